The summed E-state index contributed by atoms with van der Waals surface area (Å²) in [6, 6.07) is 0. The van der Waals surface area contributed by atoms with Crippen LogP contribution in [0.5, 0.6) is 0 Å². The van der Waals surface area contributed by atoms with Crippen LogP contribution in [0.3, 0.4) is 0 Å². The molecule has 0 aliphatic rings. The van der Waals surface area contributed by atoms with Gasteiger partial charge in [-0.15, -0.1) is 0 Å². The molecule has 0 aliphatic carbocycles. The third-order valence-corrected chi connectivity index (χ3v) is 1.57. The molecule has 0 heteroatoms. The molecule has 0 bridgehead atoms. The number of hydrogen-bond acceptors (Lipinski definition) is 0. The first-order valence-corrected chi connectivity index (χ1v) is 5.18. The summed E-state index contributed by atoms with van der Waals surface area (Å²) < 4.78 is 0. The van der Waals surface area contributed by atoms with Gasteiger partial charge >= 0.3 is 0 Å². The fourth-order valence-corrected chi connectivity index (χ4v) is 0.582. The van der Waals surface area contributed by atoms with E-state index >= 15 is 0 Å². The van der Waals surface area contributed by atoms with Gasteiger partial charge in [0.2, 0.25) is 0 Å². The van der Waals surface area contributed by atoms with E-state index in [4.69, 9.17) is 0 Å². The Bertz CT molecular complexity index is 194. The lowest BCUT2D eigenvalue weighted by Gasteiger charge is -2.03. The van der Waals surface area contributed by atoms with Crippen molar-refractivity contribution in [3.63, 3.8) is 0 Å². The summed E-state index contributed by atoms with van der Waals surface area (Å²) in [6.45, 7) is 19.7. The van der Waals surface area contributed by atoms with Crippen molar-refractivity contribution in [2.75, 3.05) is 0 Å². The fraction of sp³-hybridized carbons (Fsp3) is 0.429. The van der Waals surface area contributed by atoms with Gasteiger partial charge in [-0.05, 0) is 11.5 Å². The zero-order valence-electron chi connectivity index (χ0n) is 10.1. The maximum Gasteiger partial charge on any atom is -0.0224 e. The minimum Gasteiger partial charge on any atom is -0.0985 e. The molecule has 80 valence electrons. The van der Waals surface area contributed by atoms with Crippen LogP contribution >= 0.6 is 0 Å². The van der Waals surface area contributed by atoms with Crippen LogP contribution in [0.2, 0.25) is 0 Å². The SMILES string of the molecule is C=CC(C=C)=CC(=C)C(C)C.CCC. The zero-order valence-corrected chi connectivity index (χ0v) is 10.1. The first-order valence-electron chi connectivity index (χ1n) is 5.18. The van der Waals surface area contributed by atoms with Gasteiger partial charge in [-0.1, -0.05) is 77.7 Å². The van der Waals surface area contributed by atoms with E-state index in [0.717, 1.165) is 11.1 Å². The summed E-state index contributed by atoms with van der Waals surface area (Å²) in [5, 5.41) is 0. The van der Waals surface area contributed by atoms with Crippen molar-refractivity contribution in [2.24, 2.45) is 5.92 Å². The number of rotatable bonds is 4. The Morgan fingerprint density at radius 3 is 1.71 bits per heavy atom. The summed E-state index contributed by atoms with van der Waals surface area (Å²) in [6.07, 6.45) is 6.81. The number of allylic oxidation sites excluding steroid dienone is 5. The quantitative estimate of drug-likeness (QED) is 0.555. The van der Waals surface area contributed by atoms with E-state index in [9.17, 15) is 0 Å². The van der Waals surface area contributed by atoms with Gasteiger partial charge in [0.1, 0.15) is 0 Å². The third kappa shape index (κ3) is 9.05. The molecule has 0 aromatic heterocycles. The molecule has 0 radical (unpaired) electrons. The van der Waals surface area contributed by atoms with Gasteiger partial charge in [-0.3, -0.25) is 0 Å². The molecule has 0 atom stereocenters. The maximum absolute atomic E-state index is 3.92. The number of hydrogen-bond donors (Lipinski definition) is 0. The Morgan fingerprint density at radius 1 is 1.14 bits per heavy atom. The molecule has 0 spiro atoms. The van der Waals surface area contributed by atoms with Gasteiger partial charge in [-0.25, -0.2) is 0 Å². The highest BCUT2D eigenvalue weighted by Crippen LogP contribution is 2.11. The predicted molar refractivity (Wildman–Crippen MR) is 68.4 cm³/mol. The molecule has 0 unspecified atom stereocenters. The summed E-state index contributed by atoms with van der Waals surface area (Å²) >= 11 is 0. The van der Waals surface area contributed by atoms with E-state index in [1.165, 1.54) is 6.42 Å². The highest BCUT2D eigenvalue weighted by molar-refractivity contribution is 5.35. The Balaban J connectivity index is 0. The van der Waals surface area contributed by atoms with Gasteiger partial charge in [0.25, 0.3) is 0 Å². The third-order valence-electron chi connectivity index (χ3n) is 1.57. The van der Waals surface area contributed by atoms with E-state index in [1.807, 2.05) is 6.08 Å². The molecule has 0 fully saturated rings. The molecule has 0 saturated heterocycles. The van der Waals surface area contributed by atoms with Crippen LogP contribution in [0.25, 0.3) is 0 Å². The molecule has 0 aromatic rings. The molecule has 0 heterocycles. The Labute approximate surface area is 89.7 Å². The first kappa shape index (κ1) is 15.4. The Morgan fingerprint density at radius 2 is 1.50 bits per heavy atom. The van der Waals surface area contributed by atoms with Crippen molar-refractivity contribution in [1.29, 1.82) is 0 Å². The molecule has 14 heavy (non-hydrogen) atoms. The molecule has 0 aliphatic heterocycles. The van der Waals surface area contributed by atoms with Gasteiger partial charge in [0, 0.05) is 0 Å². The van der Waals surface area contributed by atoms with Crippen molar-refractivity contribution in [1.82, 2.24) is 0 Å². The van der Waals surface area contributed by atoms with Crippen LogP contribution in [0, 0.1) is 5.92 Å². The summed E-state index contributed by atoms with van der Waals surface area (Å²) in [5.74, 6) is 0.491. The Hall–Kier alpha value is -1.04. The molecule has 0 nitrogen and oxygen atoms in total. The lowest BCUT2D eigenvalue weighted by molar-refractivity contribution is 0.794. The normalized spacial score (nSPS) is 8.36. The smallest absolute Gasteiger partial charge is 0.0224 e. The van der Waals surface area contributed by atoms with E-state index in [2.05, 4.69) is 47.4 Å². The van der Waals surface area contributed by atoms with E-state index < -0.39 is 0 Å². The second-order valence-corrected chi connectivity index (χ2v) is 3.49. The van der Waals surface area contributed by atoms with Crippen molar-refractivity contribution >= 4 is 0 Å². The minimum absolute atomic E-state index is 0.491. The van der Waals surface area contributed by atoms with Crippen LogP contribution < -0.4 is 0 Å². The Kier molecular flexibility index (Phi) is 11.1. The molecule has 0 amide bonds. The van der Waals surface area contributed by atoms with Crippen LogP contribution in [0.1, 0.15) is 34.1 Å². The van der Waals surface area contributed by atoms with Gasteiger partial charge in [0.05, 0.1) is 0 Å². The molecule has 0 rings (SSSR count). The van der Waals surface area contributed by atoms with Crippen LogP contribution in [0.4, 0.5) is 0 Å². The van der Waals surface area contributed by atoms with Crippen LogP contribution in [-0.4, -0.2) is 0 Å². The largest absolute Gasteiger partial charge is 0.0985 e. The first-order chi connectivity index (χ1) is 6.53. The molecular weight excluding hydrogens is 168 g/mol. The van der Waals surface area contributed by atoms with Crippen LogP contribution in [0.15, 0.2) is 49.1 Å². The average molecular weight is 192 g/mol. The van der Waals surface area contributed by atoms with Crippen LogP contribution in [-0.2, 0) is 0 Å². The van der Waals surface area contributed by atoms with E-state index in [-0.39, 0.29) is 0 Å². The molecule has 0 saturated carbocycles. The second kappa shape index (κ2) is 10.0. The average Bonchev–Trinajstić information content (AvgIpc) is 2.14. The minimum atomic E-state index is 0.491. The van der Waals surface area contributed by atoms with Crippen molar-refractivity contribution in [3.8, 4) is 0 Å². The summed E-state index contributed by atoms with van der Waals surface area (Å²) in [4.78, 5) is 0. The molecule has 0 aromatic carbocycles. The van der Waals surface area contributed by atoms with Gasteiger partial charge in [0.15, 0.2) is 0 Å². The van der Waals surface area contributed by atoms with E-state index in [1.54, 1.807) is 12.2 Å². The van der Waals surface area contributed by atoms with Crippen molar-refractivity contribution in [3.05, 3.63) is 49.1 Å². The lowest BCUT2D eigenvalue weighted by atomic mass is 10.0. The summed E-state index contributed by atoms with van der Waals surface area (Å²) in [7, 11) is 0. The topological polar surface area (TPSA) is 0 Å². The van der Waals surface area contributed by atoms with Gasteiger partial charge < -0.3 is 0 Å². The summed E-state index contributed by atoms with van der Waals surface area (Å²) in [5.41, 5.74) is 2.14. The zero-order chi connectivity index (χ0) is 11.6. The highest BCUT2D eigenvalue weighted by atomic mass is 14.0. The van der Waals surface area contributed by atoms with Gasteiger partial charge in [-0.2, -0.15) is 0 Å². The van der Waals surface area contributed by atoms with E-state index in [0.29, 0.717) is 5.92 Å². The monoisotopic (exact) mass is 192 g/mol. The molecule has 0 N–H and O–H groups in total. The van der Waals surface area contributed by atoms with Crippen molar-refractivity contribution in [2.45, 2.75) is 34.1 Å². The second-order valence-electron chi connectivity index (χ2n) is 3.49. The maximum atomic E-state index is 3.92. The predicted octanol–water partition coefficient (Wildman–Crippen LogP) is 4.91. The lowest BCUT2D eigenvalue weighted by Crippen LogP contribution is -1.88. The molecular formula is C14H24. The fourth-order valence-electron chi connectivity index (χ4n) is 0.582. The standard InChI is InChI=1S/C11H16.C3H8/c1-6-11(7-2)8-10(5)9(3)4;1-3-2/h6-9H,1-2,5H2,3-4H3;3H2,1-2H3. The van der Waals surface area contributed by atoms with Crippen molar-refractivity contribution < 1.29 is 0 Å². The highest BCUT2D eigenvalue weighted by Gasteiger charge is 1.95.